The summed E-state index contributed by atoms with van der Waals surface area (Å²) in [5.74, 6) is 0.280. The number of amidine groups is 1. The average molecular weight is 269 g/mol. The second kappa shape index (κ2) is 7.58. The molecule has 0 aromatic heterocycles. The van der Waals surface area contributed by atoms with Gasteiger partial charge < -0.3 is 15.7 Å². The van der Waals surface area contributed by atoms with Crippen molar-refractivity contribution >= 4 is 5.84 Å². The molecule has 1 rings (SSSR count). The highest BCUT2D eigenvalue weighted by Gasteiger charge is 2.11. The molecule has 0 radical (unpaired) electrons. The molecule has 0 heterocycles. The highest BCUT2D eigenvalue weighted by Crippen LogP contribution is 2.17. The molecule has 106 valence electrons. The highest BCUT2D eigenvalue weighted by molar-refractivity contribution is 5.81. The molecular formula is C13H20FN3O2. The van der Waals surface area contributed by atoms with Crippen LogP contribution in [0, 0.1) is 5.82 Å². The first kappa shape index (κ1) is 15.2. The summed E-state index contributed by atoms with van der Waals surface area (Å²) in [6.45, 7) is 3.46. The van der Waals surface area contributed by atoms with Gasteiger partial charge in [0.1, 0.15) is 11.6 Å². The molecule has 0 bridgehead atoms. The van der Waals surface area contributed by atoms with E-state index in [9.17, 15) is 4.39 Å². The SMILES string of the molecule is CCCN(C/C(N)=N/O)Cc1ccc(OC)cc1F. The van der Waals surface area contributed by atoms with E-state index in [0.29, 0.717) is 24.4 Å². The lowest BCUT2D eigenvalue weighted by atomic mass is 10.2. The summed E-state index contributed by atoms with van der Waals surface area (Å²) >= 11 is 0. The van der Waals surface area contributed by atoms with Crippen molar-refractivity contribution in [3.63, 3.8) is 0 Å². The van der Waals surface area contributed by atoms with Gasteiger partial charge >= 0.3 is 0 Å². The maximum atomic E-state index is 13.8. The molecule has 6 heteroatoms. The fraction of sp³-hybridized carbons (Fsp3) is 0.462. The molecule has 0 aliphatic heterocycles. The number of benzene rings is 1. The lowest BCUT2D eigenvalue weighted by Gasteiger charge is -2.21. The molecule has 19 heavy (non-hydrogen) atoms. The summed E-state index contributed by atoms with van der Waals surface area (Å²) in [4.78, 5) is 1.92. The molecule has 3 N–H and O–H groups in total. The number of hydrogen-bond donors (Lipinski definition) is 2. The van der Waals surface area contributed by atoms with Gasteiger partial charge in [0.05, 0.1) is 13.7 Å². The van der Waals surface area contributed by atoms with Gasteiger partial charge in [0.25, 0.3) is 0 Å². The Bertz CT molecular complexity index is 438. The van der Waals surface area contributed by atoms with Crippen molar-refractivity contribution in [3.8, 4) is 5.75 Å². The lowest BCUT2D eigenvalue weighted by molar-refractivity contribution is 0.283. The molecule has 0 fully saturated rings. The van der Waals surface area contributed by atoms with Crippen LogP contribution in [0.4, 0.5) is 4.39 Å². The first-order valence-electron chi connectivity index (χ1n) is 6.11. The smallest absolute Gasteiger partial charge is 0.153 e. The molecule has 0 aliphatic carbocycles. The van der Waals surface area contributed by atoms with Gasteiger partial charge in [-0.3, -0.25) is 4.90 Å². The minimum Gasteiger partial charge on any atom is -0.497 e. The molecule has 1 aromatic rings. The van der Waals surface area contributed by atoms with Crippen LogP contribution in [0.25, 0.3) is 0 Å². The largest absolute Gasteiger partial charge is 0.497 e. The van der Waals surface area contributed by atoms with Crippen molar-refractivity contribution in [2.45, 2.75) is 19.9 Å². The Balaban J connectivity index is 2.78. The molecule has 0 amide bonds. The fourth-order valence-electron chi connectivity index (χ4n) is 1.82. The van der Waals surface area contributed by atoms with E-state index in [1.807, 2.05) is 11.8 Å². The van der Waals surface area contributed by atoms with Crippen molar-refractivity contribution < 1.29 is 14.3 Å². The van der Waals surface area contributed by atoms with Crippen molar-refractivity contribution in [1.29, 1.82) is 0 Å². The second-order valence-electron chi connectivity index (χ2n) is 4.26. The van der Waals surface area contributed by atoms with E-state index in [4.69, 9.17) is 15.7 Å². The number of halogens is 1. The Morgan fingerprint density at radius 1 is 1.53 bits per heavy atom. The van der Waals surface area contributed by atoms with Crippen LogP contribution in [0.3, 0.4) is 0 Å². The van der Waals surface area contributed by atoms with E-state index in [0.717, 1.165) is 13.0 Å². The van der Waals surface area contributed by atoms with E-state index < -0.39 is 0 Å². The summed E-state index contributed by atoms with van der Waals surface area (Å²) < 4.78 is 18.8. The molecule has 0 atom stereocenters. The Kier molecular flexibility index (Phi) is 6.08. The summed E-state index contributed by atoms with van der Waals surface area (Å²) in [6.07, 6.45) is 0.899. The summed E-state index contributed by atoms with van der Waals surface area (Å²) in [5, 5.41) is 11.5. The van der Waals surface area contributed by atoms with Crippen LogP contribution in [0.2, 0.25) is 0 Å². The Hall–Kier alpha value is -1.82. The first-order valence-corrected chi connectivity index (χ1v) is 6.11. The Labute approximate surface area is 112 Å². The quantitative estimate of drug-likeness (QED) is 0.343. The number of methoxy groups -OCH3 is 1. The topological polar surface area (TPSA) is 71.1 Å². The van der Waals surface area contributed by atoms with E-state index in [-0.39, 0.29) is 11.7 Å². The normalized spacial score (nSPS) is 11.9. The van der Waals surface area contributed by atoms with Gasteiger partial charge in [0.2, 0.25) is 0 Å². The number of hydrogen-bond acceptors (Lipinski definition) is 4. The van der Waals surface area contributed by atoms with Gasteiger partial charge in [-0.15, -0.1) is 0 Å². The highest BCUT2D eigenvalue weighted by atomic mass is 19.1. The molecule has 0 saturated heterocycles. The maximum absolute atomic E-state index is 13.8. The van der Waals surface area contributed by atoms with Gasteiger partial charge in [0.15, 0.2) is 5.84 Å². The third-order valence-corrected chi connectivity index (χ3v) is 2.71. The van der Waals surface area contributed by atoms with Crippen molar-refractivity contribution in [2.24, 2.45) is 10.9 Å². The van der Waals surface area contributed by atoms with Crippen LogP contribution >= 0.6 is 0 Å². The monoisotopic (exact) mass is 269 g/mol. The minimum absolute atomic E-state index is 0.113. The third-order valence-electron chi connectivity index (χ3n) is 2.71. The lowest BCUT2D eigenvalue weighted by Crippen LogP contribution is -2.34. The minimum atomic E-state index is -0.319. The van der Waals surface area contributed by atoms with Crippen LogP contribution in [-0.2, 0) is 6.54 Å². The van der Waals surface area contributed by atoms with E-state index >= 15 is 0 Å². The van der Waals surface area contributed by atoms with Crippen LogP contribution < -0.4 is 10.5 Å². The van der Waals surface area contributed by atoms with Gasteiger partial charge in [-0.05, 0) is 19.0 Å². The Morgan fingerprint density at radius 2 is 2.26 bits per heavy atom. The summed E-state index contributed by atoms with van der Waals surface area (Å²) in [6, 6.07) is 4.75. The zero-order valence-corrected chi connectivity index (χ0v) is 11.3. The zero-order valence-electron chi connectivity index (χ0n) is 11.3. The van der Waals surface area contributed by atoms with Gasteiger partial charge in [0, 0.05) is 18.2 Å². The standard InChI is InChI=1S/C13H20FN3O2/c1-3-6-17(9-13(15)16-18)8-10-4-5-11(19-2)7-12(10)14/h4-5,7,18H,3,6,8-9H2,1-2H3,(H2,15,16). The van der Waals surface area contributed by atoms with Crippen LogP contribution in [-0.4, -0.2) is 36.1 Å². The van der Waals surface area contributed by atoms with Gasteiger partial charge in [-0.25, -0.2) is 4.39 Å². The second-order valence-corrected chi connectivity index (χ2v) is 4.26. The van der Waals surface area contributed by atoms with Gasteiger partial charge in [-0.2, -0.15) is 0 Å². The van der Waals surface area contributed by atoms with E-state index in [1.54, 1.807) is 12.1 Å². The number of nitrogens with zero attached hydrogens (tertiary/aromatic N) is 2. The van der Waals surface area contributed by atoms with E-state index in [2.05, 4.69) is 5.16 Å². The first-order chi connectivity index (χ1) is 9.10. The molecular weight excluding hydrogens is 249 g/mol. The number of rotatable bonds is 7. The molecule has 0 aliphatic rings. The zero-order chi connectivity index (χ0) is 14.3. The molecule has 1 aromatic carbocycles. The van der Waals surface area contributed by atoms with Crippen LogP contribution in [0.1, 0.15) is 18.9 Å². The van der Waals surface area contributed by atoms with E-state index in [1.165, 1.54) is 13.2 Å². The summed E-state index contributed by atoms with van der Waals surface area (Å²) in [7, 11) is 1.50. The molecule has 0 spiro atoms. The van der Waals surface area contributed by atoms with Crippen LogP contribution in [0.15, 0.2) is 23.4 Å². The number of nitrogens with two attached hydrogens (primary N) is 1. The predicted molar refractivity (Wildman–Crippen MR) is 71.9 cm³/mol. The number of oxime groups is 1. The van der Waals surface area contributed by atoms with Crippen molar-refractivity contribution in [3.05, 3.63) is 29.6 Å². The number of ether oxygens (including phenoxy) is 1. The molecule has 0 unspecified atom stereocenters. The molecule has 0 saturated carbocycles. The van der Waals surface area contributed by atoms with Gasteiger partial charge in [-0.1, -0.05) is 18.1 Å². The summed E-state index contributed by atoms with van der Waals surface area (Å²) in [5.41, 5.74) is 6.04. The fourth-order valence-corrected chi connectivity index (χ4v) is 1.82. The van der Waals surface area contributed by atoms with Crippen molar-refractivity contribution in [1.82, 2.24) is 4.90 Å². The average Bonchev–Trinajstić information content (AvgIpc) is 2.41. The third kappa shape index (κ3) is 4.75. The Morgan fingerprint density at radius 3 is 2.79 bits per heavy atom. The predicted octanol–water partition coefficient (Wildman–Crippen LogP) is 1.79. The van der Waals surface area contributed by atoms with Crippen LogP contribution in [0.5, 0.6) is 5.75 Å². The maximum Gasteiger partial charge on any atom is 0.153 e. The molecule has 5 nitrogen and oxygen atoms in total. The van der Waals surface area contributed by atoms with Crippen molar-refractivity contribution in [2.75, 3.05) is 20.2 Å².